The van der Waals surface area contributed by atoms with E-state index in [-0.39, 0.29) is 0 Å². The minimum Gasteiger partial charge on any atom is -0.438 e. The number of halogens is 1. The minimum atomic E-state index is 0.447. The smallest absolute Gasteiger partial charge is 0.232 e. The summed E-state index contributed by atoms with van der Waals surface area (Å²) in [6.07, 6.45) is 0. The molecule has 4 heteroatoms. The van der Waals surface area contributed by atoms with Crippen molar-refractivity contribution in [2.45, 2.75) is 6.92 Å². The average Bonchev–Trinajstić information content (AvgIpc) is 2.54. The van der Waals surface area contributed by atoms with Crippen LogP contribution in [0.2, 0.25) is 5.15 Å². The van der Waals surface area contributed by atoms with Crippen molar-refractivity contribution in [1.29, 1.82) is 0 Å². The van der Waals surface area contributed by atoms with Crippen LogP contribution in [-0.2, 0) is 0 Å². The largest absolute Gasteiger partial charge is 0.438 e. The van der Waals surface area contributed by atoms with Gasteiger partial charge in [-0.15, -0.1) is 0 Å². The quantitative estimate of drug-likeness (QED) is 0.544. The molecule has 0 spiro atoms. The minimum absolute atomic E-state index is 0.447. The Labute approximate surface area is 90.7 Å². The molecule has 0 saturated heterocycles. The molecule has 3 nitrogen and oxygen atoms in total. The first-order chi connectivity index (χ1) is 7.25. The molecule has 3 rings (SSSR count). The van der Waals surface area contributed by atoms with E-state index in [0.717, 1.165) is 16.4 Å². The van der Waals surface area contributed by atoms with Crippen molar-refractivity contribution in [3.8, 4) is 0 Å². The van der Waals surface area contributed by atoms with Gasteiger partial charge in [-0.3, -0.25) is 0 Å². The van der Waals surface area contributed by atoms with Crippen molar-refractivity contribution in [3.05, 3.63) is 35.2 Å². The van der Waals surface area contributed by atoms with E-state index in [9.17, 15) is 0 Å². The van der Waals surface area contributed by atoms with Crippen molar-refractivity contribution < 1.29 is 4.42 Å². The summed E-state index contributed by atoms with van der Waals surface area (Å²) in [6, 6.07) is 7.70. The summed E-state index contributed by atoms with van der Waals surface area (Å²) < 4.78 is 5.58. The highest BCUT2D eigenvalue weighted by atomic mass is 35.5. The predicted octanol–water partition coefficient (Wildman–Crippen LogP) is 3.34. The molecule has 0 aliphatic heterocycles. The van der Waals surface area contributed by atoms with Gasteiger partial charge < -0.3 is 4.42 Å². The molecule has 0 fully saturated rings. The highest BCUT2D eigenvalue weighted by Crippen LogP contribution is 2.31. The highest BCUT2D eigenvalue weighted by molar-refractivity contribution is 6.36. The summed E-state index contributed by atoms with van der Waals surface area (Å²) in [5, 5.41) is 2.19. The van der Waals surface area contributed by atoms with Crippen LogP contribution in [0.15, 0.2) is 28.7 Å². The summed E-state index contributed by atoms with van der Waals surface area (Å²) in [5.41, 5.74) is 1.34. The third-order valence-electron chi connectivity index (χ3n) is 2.31. The van der Waals surface area contributed by atoms with Crippen molar-refractivity contribution in [2.75, 3.05) is 0 Å². The summed E-state index contributed by atoms with van der Waals surface area (Å²) in [7, 11) is 0. The number of benzene rings is 1. The maximum absolute atomic E-state index is 6.07. The zero-order valence-corrected chi connectivity index (χ0v) is 8.75. The van der Waals surface area contributed by atoms with Crippen molar-refractivity contribution in [3.63, 3.8) is 0 Å². The molecule has 0 N–H and O–H groups in total. The lowest BCUT2D eigenvalue weighted by Gasteiger charge is -1.93. The van der Waals surface area contributed by atoms with E-state index in [1.165, 1.54) is 0 Å². The van der Waals surface area contributed by atoms with Gasteiger partial charge in [-0.2, -0.15) is 4.98 Å². The number of aryl methyl sites for hydroxylation is 1. The molecule has 15 heavy (non-hydrogen) atoms. The lowest BCUT2D eigenvalue weighted by Crippen LogP contribution is -1.87. The zero-order chi connectivity index (χ0) is 10.4. The Morgan fingerprint density at radius 1 is 1.20 bits per heavy atom. The maximum atomic E-state index is 6.07. The van der Waals surface area contributed by atoms with Crippen LogP contribution in [0.25, 0.3) is 22.1 Å². The topological polar surface area (TPSA) is 38.9 Å². The Morgan fingerprint density at radius 2 is 2.00 bits per heavy atom. The van der Waals surface area contributed by atoms with Gasteiger partial charge >= 0.3 is 0 Å². The Bertz CT molecular complexity index is 660. The zero-order valence-electron chi connectivity index (χ0n) is 7.99. The first-order valence-corrected chi connectivity index (χ1v) is 4.95. The molecule has 0 atom stereocenters. The summed E-state index contributed by atoms with van der Waals surface area (Å²) in [5.74, 6) is 0.617. The molecular formula is C11H7ClN2O. The van der Waals surface area contributed by atoms with Gasteiger partial charge in [0, 0.05) is 5.39 Å². The Morgan fingerprint density at radius 3 is 2.87 bits per heavy atom. The Hall–Kier alpha value is -1.61. The number of nitrogens with zero attached hydrogens (tertiary/aromatic N) is 2. The first-order valence-electron chi connectivity index (χ1n) is 4.57. The maximum Gasteiger partial charge on any atom is 0.232 e. The number of aromatic nitrogens is 2. The molecule has 1 aromatic carbocycles. The molecule has 0 unspecified atom stereocenters. The van der Waals surface area contributed by atoms with Crippen LogP contribution >= 0.6 is 11.6 Å². The number of fused-ring (bicyclic) bond motifs is 3. The van der Waals surface area contributed by atoms with Gasteiger partial charge in [0.05, 0.1) is 5.39 Å². The third kappa shape index (κ3) is 1.20. The fraction of sp³-hybridized carbons (Fsp3) is 0.0909. The van der Waals surface area contributed by atoms with Crippen LogP contribution in [0, 0.1) is 6.92 Å². The van der Waals surface area contributed by atoms with Crippen LogP contribution in [0.4, 0.5) is 0 Å². The van der Waals surface area contributed by atoms with E-state index < -0.39 is 0 Å². The Balaban J connectivity index is 2.61. The number of rotatable bonds is 0. The van der Waals surface area contributed by atoms with E-state index in [0.29, 0.717) is 16.7 Å². The third-order valence-corrected chi connectivity index (χ3v) is 2.58. The van der Waals surface area contributed by atoms with E-state index in [4.69, 9.17) is 16.0 Å². The summed E-state index contributed by atoms with van der Waals surface area (Å²) in [6.45, 7) is 1.79. The molecular weight excluding hydrogens is 212 g/mol. The number of para-hydroxylation sites is 1. The van der Waals surface area contributed by atoms with E-state index in [2.05, 4.69) is 9.97 Å². The highest BCUT2D eigenvalue weighted by Gasteiger charge is 2.12. The van der Waals surface area contributed by atoms with Crippen LogP contribution in [-0.4, -0.2) is 9.97 Å². The van der Waals surface area contributed by atoms with Crippen molar-refractivity contribution in [2.24, 2.45) is 0 Å². The normalized spacial score (nSPS) is 11.3. The fourth-order valence-electron chi connectivity index (χ4n) is 1.68. The van der Waals surface area contributed by atoms with Crippen LogP contribution < -0.4 is 0 Å². The van der Waals surface area contributed by atoms with Gasteiger partial charge in [-0.1, -0.05) is 29.8 Å². The molecule has 0 radical (unpaired) electrons. The van der Waals surface area contributed by atoms with Crippen molar-refractivity contribution in [1.82, 2.24) is 9.97 Å². The molecule has 2 heterocycles. The van der Waals surface area contributed by atoms with E-state index in [1.54, 1.807) is 6.92 Å². The number of hydrogen-bond acceptors (Lipinski definition) is 3. The fourth-order valence-corrected chi connectivity index (χ4v) is 1.99. The van der Waals surface area contributed by atoms with Gasteiger partial charge in [0.2, 0.25) is 5.71 Å². The molecule has 0 aliphatic carbocycles. The number of furan rings is 1. The molecule has 3 aromatic rings. The first kappa shape index (κ1) is 8.68. The lowest BCUT2D eigenvalue weighted by atomic mass is 10.2. The van der Waals surface area contributed by atoms with Gasteiger partial charge in [-0.25, -0.2) is 4.98 Å². The second-order valence-electron chi connectivity index (χ2n) is 3.34. The number of hydrogen-bond donors (Lipinski definition) is 0. The standard InChI is InChI=1S/C11H7ClN2O/c1-6-13-10(12)9-7-4-2-3-5-8(7)15-11(9)14-6/h2-5H,1H3. The summed E-state index contributed by atoms with van der Waals surface area (Å²) >= 11 is 6.07. The van der Waals surface area contributed by atoms with Crippen molar-refractivity contribution >= 4 is 33.7 Å². The second-order valence-corrected chi connectivity index (χ2v) is 3.70. The van der Waals surface area contributed by atoms with Crippen LogP contribution in [0.5, 0.6) is 0 Å². The summed E-state index contributed by atoms with van der Waals surface area (Å²) in [4.78, 5) is 8.33. The van der Waals surface area contributed by atoms with Gasteiger partial charge in [-0.05, 0) is 13.0 Å². The van der Waals surface area contributed by atoms with E-state index >= 15 is 0 Å². The Kier molecular flexibility index (Phi) is 1.70. The monoisotopic (exact) mass is 218 g/mol. The lowest BCUT2D eigenvalue weighted by molar-refractivity contribution is 0.650. The van der Waals surface area contributed by atoms with E-state index in [1.807, 2.05) is 24.3 Å². The molecule has 0 amide bonds. The van der Waals surface area contributed by atoms with Gasteiger partial charge in [0.1, 0.15) is 16.6 Å². The predicted molar refractivity (Wildman–Crippen MR) is 59.1 cm³/mol. The molecule has 74 valence electrons. The SMILES string of the molecule is Cc1nc(Cl)c2c(n1)oc1ccccc12. The average molecular weight is 219 g/mol. The molecule has 0 bridgehead atoms. The second kappa shape index (κ2) is 2.94. The molecule has 2 aromatic heterocycles. The van der Waals surface area contributed by atoms with Crippen LogP contribution in [0.1, 0.15) is 5.82 Å². The van der Waals surface area contributed by atoms with Gasteiger partial charge in [0.25, 0.3) is 0 Å². The molecule has 0 saturated carbocycles. The van der Waals surface area contributed by atoms with Gasteiger partial charge in [0.15, 0.2) is 0 Å². The van der Waals surface area contributed by atoms with Crippen LogP contribution in [0.3, 0.4) is 0 Å². The molecule has 0 aliphatic rings.